The molecule has 0 saturated heterocycles. The van der Waals surface area contributed by atoms with Crippen molar-refractivity contribution in [2.24, 2.45) is 0 Å². The first-order chi connectivity index (χ1) is 15.3. The molecule has 0 unspecified atom stereocenters. The molecule has 0 aliphatic carbocycles. The summed E-state index contributed by atoms with van der Waals surface area (Å²) >= 11 is 2.79. The number of non-ortho nitro benzene ring substituents is 1. The first kappa shape index (κ1) is 24.8. The van der Waals surface area contributed by atoms with Crippen molar-refractivity contribution in [3.8, 4) is 5.75 Å². The highest BCUT2D eigenvalue weighted by molar-refractivity contribution is 7.23. The minimum absolute atomic E-state index is 0. The number of thiophene rings is 1. The standard InChI is InChI=1S/C22H22N4O4S2.ClH/c1-13-5-7-16(30-4)19-20(13)32-22(23-19)25(10-9-24(2)3)21(27)18-12-14-11-15(26(28)29)6-8-17(14)31-18;/h5-8,11-12H,9-10H2,1-4H3;1H. The molecule has 0 atom stereocenters. The minimum Gasteiger partial charge on any atom is -0.494 e. The van der Waals surface area contributed by atoms with Gasteiger partial charge < -0.3 is 9.64 Å². The third kappa shape index (κ3) is 4.93. The second kappa shape index (κ2) is 10.0. The Morgan fingerprint density at radius 2 is 1.91 bits per heavy atom. The minimum atomic E-state index is -0.432. The lowest BCUT2D eigenvalue weighted by Crippen LogP contribution is -2.36. The second-order valence-electron chi connectivity index (χ2n) is 7.61. The zero-order valence-corrected chi connectivity index (χ0v) is 21.0. The van der Waals surface area contributed by atoms with Crippen molar-refractivity contribution < 1.29 is 14.5 Å². The van der Waals surface area contributed by atoms with Crippen molar-refractivity contribution >= 4 is 72.1 Å². The monoisotopic (exact) mass is 506 g/mol. The molecule has 8 nitrogen and oxygen atoms in total. The van der Waals surface area contributed by atoms with Crippen LogP contribution in [0.15, 0.2) is 36.4 Å². The number of ether oxygens (including phenoxy) is 1. The number of methoxy groups -OCH3 is 1. The fourth-order valence-electron chi connectivity index (χ4n) is 3.35. The second-order valence-corrected chi connectivity index (χ2v) is 9.67. The average molecular weight is 507 g/mol. The van der Waals surface area contributed by atoms with Crippen LogP contribution in [0.4, 0.5) is 10.8 Å². The molecule has 1 amide bonds. The van der Waals surface area contributed by atoms with E-state index in [1.165, 1.54) is 34.8 Å². The summed E-state index contributed by atoms with van der Waals surface area (Å²) in [5.41, 5.74) is 1.81. The largest absolute Gasteiger partial charge is 0.494 e. The number of anilines is 1. The lowest BCUT2D eigenvalue weighted by molar-refractivity contribution is -0.384. The summed E-state index contributed by atoms with van der Waals surface area (Å²) < 4.78 is 7.28. The maximum atomic E-state index is 13.6. The summed E-state index contributed by atoms with van der Waals surface area (Å²) in [6, 6.07) is 10.2. The average Bonchev–Trinajstić information content (AvgIpc) is 3.38. The number of nitro benzene ring substituents is 1. The van der Waals surface area contributed by atoms with Crippen molar-refractivity contribution in [1.29, 1.82) is 0 Å². The van der Waals surface area contributed by atoms with Gasteiger partial charge in [-0.1, -0.05) is 17.4 Å². The van der Waals surface area contributed by atoms with Crippen LogP contribution in [0.3, 0.4) is 0 Å². The maximum absolute atomic E-state index is 13.6. The Labute approximate surface area is 205 Å². The van der Waals surface area contributed by atoms with Gasteiger partial charge in [0.2, 0.25) is 0 Å². The molecule has 0 spiro atoms. The Hall–Kier alpha value is -2.79. The Morgan fingerprint density at radius 1 is 1.15 bits per heavy atom. The molecular weight excluding hydrogens is 484 g/mol. The van der Waals surface area contributed by atoms with Crippen LogP contribution in [0.2, 0.25) is 0 Å². The van der Waals surface area contributed by atoms with Crippen LogP contribution in [-0.4, -0.2) is 55.0 Å². The number of fused-ring (bicyclic) bond motifs is 2. The molecule has 0 saturated carbocycles. The molecule has 2 aromatic carbocycles. The Balaban J connectivity index is 0.00000306. The molecule has 0 N–H and O–H groups in total. The van der Waals surface area contributed by atoms with E-state index in [-0.39, 0.29) is 24.0 Å². The highest BCUT2D eigenvalue weighted by Gasteiger charge is 2.25. The van der Waals surface area contributed by atoms with E-state index in [2.05, 4.69) is 0 Å². The van der Waals surface area contributed by atoms with Gasteiger partial charge in [-0.15, -0.1) is 23.7 Å². The third-order valence-electron chi connectivity index (χ3n) is 5.08. The number of amides is 1. The van der Waals surface area contributed by atoms with E-state index in [0.29, 0.717) is 34.2 Å². The van der Waals surface area contributed by atoms with Crippen LogP contribution in [0.5, 0.6) is 5.75 Å². The molecule has 174 valence electrons. The van der Waals surface area contributed by atoms with E-state index in [1.807, 2.05) is 38.1 Å². The number of rotatable bonds is 7. The quantitative estimate of drug-likeness (QED) is 0.247. The molecule has 2 heterocycles. The maximum Gasteiger partial charge on any atom is 0.270 e. The highest BCUT2D eigenvalue weighted by Crippen LogP contribution is 2.37. The predicted molar refractivity (Wildman–Crippen MR) is 137 cm³/mol. The fourth-order valence-corrected chi connectivity index (χ4v) is 5.41. The zero-order chi connectivity index (χ0) is 23.0. The van der Waals surface area contributed by atoms with Crippen LogP contribution in [-0.2, 0) is 0 Å². The number of aromatic nitrogens is 1. The molecule has 4 aromatic rings. The molecular formula is C22H23ClN4O4S2. The van der Waals surface area contributed by atoms with Crippen LogP contribution in [0.1, 0.15) is 15.2 Å². The van der Waals surface area contributed by atoms with E-state index >= 15 is 0 Å². The molecule has 2 aromatic heterocycles. The van der Waals surface area contributed by atoms with Gasteiger partial charge in [0.25, 0.3) is 11.6 Å². The first-order valence-electron chi connectivity index (χ1n) is 9.87. The van der Waals surface area contributed by atoms with Crippen LogP contribution >= 0.6 is 35.1 Å². The van der Waals surface area contributed by atoms with Crippen molar-refractivity contribution in [3.63, 3.8) is 0 Å². The lowest BCUT2D eigenvalue weighted by atomic mass is 10.2. The van der Waals surface area contributed by atoms with Crippen LogP contribution < -0.4 is 9.64 Å². The number of benzene rings is 2. The Kier molecular flexibility index (Phi) is 7.53. The number of thiazole rings is 1. The first-order valence-corrected chi connectivity index (χ1v) is 11.5. The summed E-state index contributed by atoms with van der Waals surface area (Å²) in [5, 5.41) is 12.4. The lowest BCUT2D eigenvalue weighted by Gasteiger charge is -2.21. The molecule has 0 aliphatic heterocycles. The molecule has 11 heteroatoms. The molecule has 0 radical (unpaired) electrons. The van der Waals surface area contributed by atoms with Gasteiger partial charge in [-0.05, 0) is 44.8 Å². The normalized spacial score (nSPS) is 11.1. The van der Waals surface area contributed by atoms with Crippen molar-refractivity contribution in [1.82, 2.24) is 9.88 Å². The van der Waals surface area contributed by atoms with Gasteiger partial charge in [0.1, 0.15) is 11.3 Å². The Bertz CT molecular complexity index is 1330. The van der Waals surface area contributed by atoms with Crippen LogP contribution in [0, 0.1) is 17.0 Å². The van der Waals surface area contributed by atoms with E-state index in [9.17, 15) is 14.9 Å². The molecule has 0 bridgehead atoms. The SMILES string of the molecule is COc1ccc(C)c2sc(N(CCN(C)C)C(=O)c3cc4cc([N+](=O)[O-])ccc4s3)nc12.Cl. The van der Waals surface area contributed by atoms with Gasteiger partial charge in [-0.2, -0.15) is 0 Å². The Morgan fingerprint density at radius 3 is 2.58 bits per heavy atom. The van der Waals surface area contributed by atoms with Crippen molar-refractivity contribution in [2.75, 3.05) is 39.2 Å². The van der Waals surface area contributed by atoms with Gasteiger partial charge in [0.05, 0.1) is 21.6 Å². The van der Waals surface area contributed by atoms with Gasteiger partial charge in [0.15, 0.2) is 5.13 Å². The van der Waals surface area contributed by atoms with Crippen LogP contribution in [0.25, 0.3) is 20.3 Å². The van der Waals surface area contributed by atoms with Crippen molar-refractivity contribution in [3.05, 3.63) is 57.0 Å². The number of aryl methyl sites for hydroxylation is 1. The summed E-state index contributed by atoms with van der Waals surface area (Å²) in [5.74, 6) is 0.494. The molecule has 0 fully saturated rings. The number of carbonyl (C=O) groups excluding carboxylic acids is 1. The molecule has 33 heavy (non-hydrogen) atoms. The number of nitrogens with zero attached hydrogens (tertiary/aromatic N) is 4. The summed E-state index contributed by atoms with van der Waals surface area (Å²) in [4.78, 5) is 33.2. The van der Waals surface area contributed by atoms with Gasteiger partial charge in [-0.3, -0.25) is 19.8 Å². The van der Waals surface area contributed by atoms with E-state index in [4.69, 9.17) is 9.72 Å². The van der Waals surface area contributed by atoms with Gasteiger partial charge in [0, 0.05) is 35.3 Å². The number of hydrogen-bond donors (Lipinski definition) is 0. The number of nitro groups is 1. The van der Waals surface area contributed by atoms with Gasteiger partial charge >= 0.3 is 0 Å². The molecule has 4 rings (SSSR count). The van der Waals surface area contributed by atoms with Crippen molar-refractivity contribution in [2.45, 2.75) is 6.92 Å². The fraction of sp³-hybridized carbons (Fsp3) is 0.273. The number of likely N-dealkylation sites (N-methyl/N-ethyl adjacent to an activating group) is 1. The molecule has 0 aliphatic rings. The zero-order valence-electron chi connectivity index (χ0n) is 18.5. The highest BCUT2D eigenvalue weighted by atomic mass is 35.5. The third-order valence-corrected chi connectivity index (χ3v) is 7.40. The summed E-state index contributed by atoms with van der Waals surface area (Å²) in [7, 11) is 5.51. The predicted octanol–water partition coefficient (Wildman–Crippen LogP) is 5.37. The van der Waals surface area contributed by atoms with E-state index in [1.54, 1.807) is 24.1 Å². The topological polar surface area (TPSA) is 88.8 Å². The summed E-state index contributed by atoms with van der Waals surface area (Å²) in [6.07, 6.45) is 0. The van der Waals surface area contributed by atoms with E-state index in [0.717, 1.165) is 20.5 Å². The number of hydrogen-bond acceptors (Lipinski definition) is 8. The number of carbonyl (C=O) groups is 1. The number of halogens is 1. The van der Waals surface area contributed by atoms with E-state index < -0.39 is 4.92 Å². The smallest absolute Gasteiger partial charge is 0.270 e. The summed E-state index contributed by atoms with van der Waals surface area (Å²) in [6.45, 7) is 3.13. The van der Waals surface area contributed by atoms with Gasteiger partial charge in [-0.25, -0.2) is 4.98 Å².